The number of amides is 1. The van der Waals surface area contributed by atoms with Gasteiger partial charge in [-0.25, -0.2) is 0 Å². The van der Waals surface area contributed by atoms with E-state index < -0.39 is 0 Å². The molecule has 1 amide bonds. The molecule has 0 saturated heterocycles. The lowest BCUT2D eigenvalue weighted by Gasteiger charge is -2.26. The molecule has 0 radical (unpaired) electrons. The number of aliphatic hydroxyl groups excluding tert-OH is 1. The summed E-state index contributed by atoms with van der Waals surface area (Å²) in [4.78, 5) is 14.0. The molecule has 0 heterocycles. The summed E-state index contributed by atoms with van der Waals surface area (Å²) < 4.78 is 0. The molecule has 1 aromatic rings. The van der Waals surface area contributed by atoms with Crippen molar-refractivity contribution in [3.8, 4) is 0 Å². The van der Waals surface area contributed by atoms with E-state index in [1.165, 1.54) is 11.1 Å². The molecule has 0 aliphatic heterocycles. The van der Waals surface area contributed by atoms with Crippen LogP contribution >= 0.6 is 0 Å². The van der Waals surface area contributed by atoms with Crippen LogP contribution in [0.25, 0.3) is 0 Å². The first-order valence-electron chi connectivity index (χ1n) is 7.00. The summed E-state index contributed by atoms with van der Waals surface area (Å²) in [6.07, 6.45) is 1.96. The molecule has 0 bridgehead atoms. The van der Waals surface area contributed by atoms with Crippen molar-refractivity contribution < 1.29 is 9.90 Å². The van der Waals surface area contributed by atoms with Gasteiger partial charge in [-0.15, -0.1) is 0 Å². The van der Waals surface area contributed by atoms with Crippen molar-refractivity contribution >= 4 is 5.91 Å². The highest BCUT2D eigenvalue weighted by Gasteiger charge is 2.15. The van der Waals surface area contributed by atoms with Gasteiger partial charge in [0, 0.05) is 25.6 Å². The van der Waals surface area contributed by atoms with E-state index >= 15 is 0 Å². The Morgan fingerprint density at radius 2 is 2.11 bits per heavy atom. The second-order valence-electron chi connectivity index (χ2n) is 5.25. The fraction of sp³-hybridized carbons (Fsp3) is 0.562. The number of nitrogens with zero attached hydrogens (tertiary/aromatic N) is 1. The Labute approximate surface area is 116 Å². The van der Waals surface area contributed by atoms with Crippen molar-refractivity contribution in [3.63, 3.8) is 0 Å². The maximum atomic E-state index is 12.2. The number of benzene rings is 1. The van der Waals surface area contributed by atoms with Crippen molar-refractivity contribution in [2.45, 2.75) is 46.1 Å². The molecule has 19 heavy (non-hydrogen) atoms. The van der Waals surface area contributed by atoms with Gasteiger partial charge in [0.2, 0.25) is 5.91 Å². The number of hydrogen-bond donors (Lipinski definition) is 1. The summed E-state index contributed by atoms with van der Waals surface area (Å²) in [5.41, 5.74) is 2.44. The van der Waals surface area contributed by atoms with E-state index in [0.717, 1.165) is 6.42 Å². The predicted octanol–water partition coefficient (Wildman–Crippen LogP) is 2.55. The lowest BCUT2D eigenvalue weighted by molar-refractivity contribution is -0.133. The van der Waals surface area contributed by atoms with E-state index in [0.29, 0.717) is 19.4 Å². The zero-order chi connectivity index (χ0) is 14.3. The zero-order valence-electron chi connectivity index (χ0n) is 12.2. The highest BCUT2D eigenvalue weighted by molar-refractivity contribution is 5.76. The Hall–Kier alpha value is -1.35. The summed E-state index contributed by atoms with van der Waals surface area (Å²) in [5.74, 6) is 0.171. The van der Waals surface area contributed by atoms with E-state index in [9.17, 15) is 4.79 Å². The van der Waals surface area contributed by atoms with Crippen LogP contribution in [0, 0.1) is 6.92 Å². The number of carbonyl (C=O) groups excluding carboxylic acids is 1. The fourth-order valence-corrected chi connectivity index (χ4v) is 2.17. The smallest absolute Gasteiger partial charge is 0.223 e. The highest BCUT2D eigenvalue weighted by atomic mass is 16.3. The molecule has 0 saturated carbocycles. The molecular weight excluding hydrogens is 238 g/mol. The summed E-state index contributed by atoms with van der Waals surface area (Å²) in [5, 5.41) is 8.88. The Bertz CT molecular complexity index is 401. The minimum atomic E-state index is 0.133. The van der Waals surface area contributed by atoms with Crippen molar-refractivity contribution in [1.29, 1.82) is 0 Å². The van der Waals surface area contributed by atoms with Gasteiger partial charge in [-0.1, -0.05) is 29.8 Å². The summed E-state index contributed by atoms with van der Waals surface area (Å²) >= 11 is 0. The van der Waals surface area contributed by atoms with E-state index in [-0.39, 0.29) is 18.6 Å². The Balaban J connectivity index is 2.52. The number of aryl methyl sites for hydroxylation is 2. The third kappa shape index (κ3) is 5.43. The zero-order valence-corrected chi connectivity index (χ0v) is 12.2. The molecule has 0 aliphatic rings. The van der Waals surface area contributed by atoms with E-state index in [1.54, 1.807) is 0 Å². The Kier molecular flexibility index (Phi) is 6.57. The van der Waals surface area contributed by atoms with Crippen LogP contribution in [0.2, 0.25) is 0 Å². The largest absolute Gasteiger partial charge is 0.396 e. The second-order valence-corrected chi connectivity index (χ2v) is 5.25. The molecule has 3 heteroatoms. The molecule has 0 spiro atoms. The maximum Gasteiger partial charge on any atom is 0.223 e. The number of carbonyl (C=O) groups is 1. The Morgan fingerprint density at radius 1 is 1.37 bits per heavy atom. The molecule has 0 fully saturated rings. The topological polar surface area (TPSA) is 40.5 Å². The molecule has 1 rings (SSSR count). The average Bonchev–Trinajstić information content (AvgIpc) is 2.36. The van der Waals surface area contributed by atoms with Crippen LogP contribution in [0.15, 0.2) is 24.3 Å². The summed E-state index contributed by atoms with van der Waals surface area (Å²) in [6, 6.07) is 8.47. The quantitative estimate of drug-likeness (QED) is 0.821. The number of rotatable bonds is 7. The first-order valence-corrected chi connectivity index (χ1v) is 7.00. The van der Waals surface area contributed by atoms with Crippen LogP contribution in [0.5, 0.6) is 0 Å². The van der Waals surface area contributed by atoms with Crippen molar-refractivity contribution in [1.82, 2.24) is 4.90 Å². The number of aliphatic hydroxyl groups is 1. The van der Waals surface area contributed by atoms with Gasteiger partial charge in [-0.2, -0.15) is 0 Å². The van der Waals surface area contributed by atoms with Gasteiger partial charge in [0.05, 0.1) is 0 Å². The molecule has 0 unspecified atom stereocenters. The molecule has 106 valence electrons. The van der Waals surface area contributed by atoms with E-state index in [2.05, 4.69) is 25.1 Å². The summed E-state index contributed by atoms with van der Waals surface area (Å²) in [7, 11) is 0. The lowest BCUT2D eigenvalue weighted by Crippen LogP contribution is -2.38. The highest BCUT2D eigenvalue weighted by Crippen LogP contribution is 2.10. The van der Waals surface area contributed by atoms with Gasteiger partial charge >= 0.3 is 0 Å². The normalized spacial score (nSPS) is 10.8. The van der Waals surface area contributed by atoms with Gasteiger partial charge in [-0.3, -0.25) is 4.79 Å². The lowest BCUT2D eigenvalue weighted by atomic mass is 10.1. The van der Waals surface area contributed by atoms with Crippen molar-refractivity contribution in [2.75, 3.05) is 13.2 Å². The first-order chi connectivity index (χ1) is 9.04. The van der Waals surface area contributed by atoms with Gasteiger partial charge in [0.15, 0.2) is 0 Å². The van der Waals surface area contributed by atoms with Crippen LogP contribution in [0.1, 0.15) is 37.8 Å². The molecule has 1 aromatic carbocycles. The fourth-order valence-electron chi connectivity index (χ4n) is 2.17. The second kappa shape index (κ2) is 7.95. The average molecular weight is 263 g/mol. The molecule has 0 atom stereocenters. The van der Waals surface area contributed by atoms with Crippen LogP contribution in [0.3, 0.4) is 0 Å². The third-order valence-electron chi connectivity index (χ3n) is 3.21. The first kappa shape index (κ1) is 15.7. The van der Waals surface area contributed by atoms with Gasteiger partial charge < -0.3 is 10.0 Å². The molecule has 0 aliphatic carbocycles. The van der Waals surface area contributed by atoms with Crippen molar-refractivity contribution in [3.05, 3.63) is 35.4 Å². The maximum absolute atomic E-state index is 12.2. The van der Waals surface area contributed by atoms with Crippen LogP contribution in [-0.2, 0) is 11.2 Å². The monoisotopic (exact) mass is 263 g/mol. The molecular formula is C16H25NO2. The number of hydrogen-bond acceptors (Lipinski definition) is 2. The van der Waals surface area contributed by atoms with Crippen LogP contribution < -0.4 is 0 Å². The molecule has 1 N–H and O–H groups in total. The minimum Gasteiger partial charge on any atom is -0.396 e. The van der Waals surface area contributed by atoms with Gasteiger partial charge in [-0.05, 0) is 39.2 Å². The summed E-state index contributed by atoms with van der Waals surface area (Å²) in [6.45, 7) is 6.87. The van der Waals surface area contributed by atoms with Crippen molar-refractivity contribution in [2.24, 2.45) is 0 Å². The standard InChI is InChI=1S/C16H25NO2/c1-13(2)17(10-5-11-18)16(19)9-8-15-7-4-6-14(3)12-15/h4,6-7,12-13,18H,5,8-11H2,1-3H3. The Morgan fingerprint density at radius 3 is 2.68 bits per heavy atom. The van der Waals surface area contributed by atoms with Crippen LogP contribution in [-0.4, -0.2) is 35.1 Å². The third-order valence-corrected chi connectivity index (χ3v) is 3.21. The predicted molar refractivity (Wildman–Crippen MR) is 78.1 cm³/mol. The molecule has 3 nitrogen and oxygen atoms in total. The van der Waals surface area contributed by atoms with Crippen LogP contribution in [0.4, 0.5) is 0 Å². The van der Waals surface area contributed by atoms with E-state index in [4.69, 9.17) is 5.11 Å². The van der Waals surface area contributed by atoms with Gasteiger partial charge in [0.25, 0.3) is 0 Å². The minimum absolute atomic E-state index is 0.133. The van der Waals surface area contributed by atoms with E-state index in [1.807, 2.05) is 24.8 Å². The van der Waals surface area contributed by atoms with Gasteiger partial charge in [0.1, 0.15) is 0 Å². The SMILES string of the molecule is Cc1cccc(CCC(=O)N(CCCO)C(C)C)c1. The molecule has 0 aromatic heterocycles.